The topological polar surface area (TPSA) is 43.1 Å². The monoisotopic (exact) mass is 259 g/mol. The summed E-state index contributed by atoms with van der Waals surface area (Å²) in [5.41, 5.74) is 8.42. The molecule has 1 fully saturated rings. The van der Waals surface area contributed by atoms with Crippen LogP contribution in [-0.2, 0) is 11.2 Å². The second-order valence-electron chi connectivity index (χ2n) is 6.08. The molecule has 2 N–H and O–H groups in total. The minimum atomic E-state index is 0.0953. The molecule has 0 atom stereocenters. The van der Waals surface area contributed by atoms with E-state index in [-0.39, 0.29) is 5.41 Å². The third-order valence-electron chi connectivity index (χ3n) is 4.57. The minimum absolute atomic E-state index is 0.0953. The molecule has 104 valence electrons. The highest BCUT2D eigenvalue weighted by atomic mass is 16.1. The van der Waals surface area contributed by atoms with Gasteiger partial charge in [-0.25, -0.2) is 0 Å². The summed E-state index contributed by atoms with van der Waals surface area (Å²) in [5.74, 6) is 0.349. The molecule has 0 spiro atoms. The van der Waals surface area contributed by atoms with Crippen molar-refractivity contribution in [2.45, 2.75) is 51.9 Å². The lowest BCUT2D eigenvalue weighted by atomic mass is 9.70. The van der Waals surface area contributed by atoms with E-state index >= 15 is 0 Å². The molecule has 1 aliphatic carbocycles. The van der Waals surface area contributed by atoms with Crippen LogP contribution in [0.2, 0.25) is 0 Å². The summed E-state index contributed by atoms with van der Waals surface area (Å²) in [6.07, 6.45) is 7.25. The number of carbonyl (C=O) groups excluding carboxylic acids is 1. The first-order chi connectivity index (χ1) is 9.15. The summed E-state index contributed by atoms with van der Waals surface area (Å²) in [6.45, 7) is 2.73. The SMILES string of the molecule is Cc1ccccc1CC(=O)CC1(CN)CCCCC1. The molecule has 1 aromatic carbocycles. The van der Waals surface area contributed by atoms with Crippen molar-refractivity contribution in [2.75, 3.05) is 6.54 Å². The first-order valence-corrected chi connectivity index (χ1v) is 7.41. The van der Waals surface area contributed by atoms with Gasteiger partial charge in [0, 0.05) is 12.8 Å². The highest BCUT2D eigenvalue weighted by Crippen LogP contribution is 2.38. The number of Topliss-reactive ketones (excluding diaryl/α,β-unsaturated/α-hetero) is 1. The molecule has 0 unspecified atom stereocenters. The zero-order valence-corrected chi connectivity index (χ0v) is 12.0. The van der Waals surface area contributed by atoms with Crippen molar-refractivity contribution >= 4 is 5.78 Å². The van der Waals surface area contributed by atoms with Gasteiger partial charge in [0.1, 0.15) is 5.78 Å². The zero-order chi connectivity index (χ0) is 13.7. The van der Waals surface area contributed by atoms with Crippen LogP contribution in [-0.4, -0.2) is 12.3 Å². The Kier molecular flexibility index (Phi) is 4.76. The van der Waals surface area contributed by atoms with Gasteiger partial charge in [-0.2, -0.15) is 0 Å². The largest absolute Gasteiger partial charge is 0.330 e. The maximum Gasteiger partial charge on any atom is 0.137 e. The highest BCUT2D eigenvalue weighted by Gasteiger charge is 2.32. The average Bonchev–Trinajstić information content (AvgIpc) is 2.42. The van der Waals surface area contributed by atoms with Crippen molar-refractivity contribution in [2.24, 2.45) is 11.1 Å². The molecule has 0 radical (unpaired) electrons. The Morgan fingerprint density at radius 2 is 1.89 bits per heavy atom. The molecule has 2 nitrogen and oxygen atoms in total. The Labute approximate surface area is 116 Å². The van der Waals surface area contributed by atoms with Crippen LogP contribution in [0.3, 0.4) is 0 Å². The molecule has 0 amide bonds. The number of nitrogens with two attached hydrogens (primary N) is 1. The zero-order valence-electron chi connectivity index (χ0n) is 12.0. The van der Waals surface area contributed by atoms with Gasteiger partial charge < -0.3 is 5.73 Å². The van der Waals surface area contributed by atoms with Crippen LogP contribution in [0.4, 0.5) is 0 Å². The lowest BCUT2D eigenvalue weighted by molar-refractivity contribution is -0.121. The van der Waals surface area contributed by atoms with E-state index in [1.54, 1.807) is 0 Å². The molecule has 1 saturated carbocycles. The van der Waals surface area contributed by atoms with Gasteiger partial charge in [0.05, 0.1) is 0 Å². The maximum atomic E-state index is 12.3. The number of hydrogen-bond donors (Lipinski definition) is 1. The fraction of sp³-hybridized carbons (Fsp3) is 0.588. The van der Waals surface area contributed by atoms with Crippen LogP contribution in [0.15, 0.2) is 24.3 Å². The quantitative estimate of drug-likeness (QED) is 0.880. The number of hydrogen-bond acceptors (Lipinski definition) is 2. The van der Waals surface area contributed by atoms with Crippen LogP contribution in [0, 0.1) is 12.3 Å². The molecule has 2 rings (SSSR count). The molecule has 1 aliphatic rings. The maximum absolute atomic E-state index is 12.3. The third-order valence-corrected chi connectivity index (χ3v) is 4.57. The lowest BCUT2D eigenvalue weighted by Gasteiger charge is -2.35. The molecule has 0 bridgehead atoms. The van der Waals surface area contributed by atoms with E-state index in [1.165, 1.54) is 24.8 Å². The summed E-state index contributed by atoms with van der Waals surface area (Å²) in [4.78, 5) is 12.3. The van der Waals surface area contributed by atoms with Gasteiger partial charge >= 0.3 is 0 Å². The third kappa shape index (κ3) is 3.66. The summed E-state index contributed by atoms with van der Waals surface area (Å²) in [6, 6.07) is 8.16. The van der Waals surface area contributed by atoms with Gasteiger partial charge in [0.15, 0.2) is 0 Å². The molecule has 2 heteroatoms. The van der Waals surface area contributed by atoms with Crippen LogP contribution in [0.25, 0.3) is 0 Å². The van der Waals surface area contributed by atoms with E-state index in [2.05, 4.69) is 19.1 Å². The van der Waals surface area contributed by atoms with Crippen LogP contribution in [0.1, 0.15) is 49.7 Å². The van der Waals surface area contributed by atoms with Crippen molar-refractivity contribution < 1.29 is 4.79 Å². The van der Waals surface area contributed by atoms with Gasteiger partial charge in [0.2, 0.25) is 0 Å². The molecular weight excluding hydrogens is 234 g/mol. The normalized spacial score (nSPS) is 18.2. The standard InChI is InChI=1S/C17H25NO/c1-14-7-3-4-8-15(14)11-16(19)12-17(13-18)9-5-2-6-10-17/h3-4,7-8H,2,5-6,9-13,18H2,1H3. The number of ketones is 1. The first kappa shape index (κ1) is 14.3. The van der Waals surface area contributed by atoms with Crippen molar-refractivity contribution in [3.8, 4) is 0 Å². The predicted molar refractivity (Wildman–Crippen MR) is 79.1 cm³/mol. The Morgan fingerprint density at radius 3 is 2.53 bits per heavy atom. The first-order valence-electron chi connectivity index (χ1n) is 7.41. The van der Waals surface area contributed by atoms with Gasteiger partial charge in [0.25, 0.3) is 0 Å². The second-order valence-corrected chi connectivity index (χ2v) is 6.08. The van der Waals surface area contributed by atoms with Gasteiger partial charge in [-0.05, 0) is 42.9 Å². The fourth-order valence-corrected chi connectivity index (χ4v) is 3.26. The van der Waals surface area contributed by atoms with Crippen molar-refractivity contribution in [3.05, 3.63) is 35.4 Å². The van der Waals surface area contributed by atoms with E-state index in [0.29, 0.717) is 25.2 Å². The number of benzene rings is 1. The number of rotatable bonds is 5. The van der Waals surface area contributed by atoms with Crippen molar-refractivity contribution in [1.29, 1.82) is 0 Å². The van der Waals surface area contributed by atoms with Crippen LogP contribution >= 0.6 is 0 Å². The van der Waals surface area contributed by atoms with Gasteiger partial charge in [-0.15, -0.1) is 0 Å². The second kappa shape index (κ2) is 6.33. The molecular formula is C17H25NO. The Hall–Kier alpha value is -1.15. The number of carbonyl (C=O) groups is 1. The summed E-state index contributed by atoms with van der Waals surface area (Å²) in [7, 11) is 0. The van der Waals surface area contributed by atoms with Crippen molar-refractivity contribution in [1.82, 2.24) is 0 Å². The van der Waals surface area contributed by atoms with Crippen molar-refractivity contribution in [3.63, 3.8) is 0 Å². The fourth-order valence-electron chi connectivity index (χ4n) is 3.26. The molecule has 0 aliphatic heterocycles. The number of aryl methyl sites for hydroxylation is 1. The van der Waals surface area contributed by atoms with E-state index in [1.807, 2.05) is 12.1 Å². The van der Waals surface area contributed by atoms with Crippen LogP contribution in [0.5, 0.6) is 0 Å². The van der Waals surface area contributed by atoms with E-state index < -0.39 is 0 Å². The lowest BCUT2D eigenvalue weighted by Crippen LogP contribution is -2.35. The molecule has 0 aromatic heterocycles. The smallest absolute Gasteiger partial charge is 0.137 e. The molecule has 1 aromatic rings. The van der Waals surface area contributed by atoms with Crippen LogP contribution < -0.4 is 5.73 Å². The average molecular weight is 259 g/mol. The predicted octanol–water partition coefficient (Wildman–Crippen LogP) is 3.41. The summed E-state index contributed by atoms with van der Waals surface area (Å²) >= 11 is 0. The summed E-state index contributed by atoms with van der Waals surface area (Å²) in [5, 5.41) is 0. The van der Waals surface area contributed by atoms with E-state index in [4.69, 9.17) is 5.73 Å². The molecule has 0 heterocycles. The molecule has 0 saturated heterocycles. The van der Waals surface area contributed by atoms with Gasteiger partial charge in [-0.3, -0.25) is 4.79 Å². The summed E-state index contributed by atoms with van der Waals surface area (Å²) < 4.78 is 0. The Balaban J connectivity index is 1.98. The highest BCUT2D eigenvalue weighted by molar-refractivity contribution is 5.81. The van der Waals surface area contributed by atoms with E-state index in [9.17, 15) is 4.79 Å². The Morgan fingerprint density at radius 1 is 1.21 bits per heavy atom. The molecule has 19 heavy (non-hydrogen) atoms. The van der Waals surface area contributed by atoms with Gasteiger partial charge in [-0.1, -0.05) is 43.5 Å². The Bertz CT molecular complexity index is 433. The van der Waals surface area contributed by atoms with E-state index in [0.717, 1.165) is 18.4 Å². The minimum Gasteiger partial charge on any atom is -0.330 e.